The number of anilines is 1. The number of nitrogens with zero attached hydrogens (tertiary/aromatic N) is 1. The molecule has 6 nitrogen and oxygen atoms in total. The number of hydrogen-bond donors (Lipinski definition) is 2. The van der Waals surface area contributed by atoms with Gasteiger partial charge in [-0.2, -0.15) is 0 Å². The topological polar surface area (TPSA) is 79.8 Å². The fourth-order valence-electron chi connectivity index (χ4n) is 3.21. The van der Waals surface area contributed by atoms with Gasteiger partial charge < -0.3 is 10.2 Å². The number of sulfonamides is 1. The van der Waals surface area contributed by atoms with Crippen LogP contribution in [0.1, 0.15) is 77.9 Å². The lowest BCUT2D eigenvalue weighted by Crippen LogP contribution is -2.24. The van der Waals surface area contributed by atoms with Gasteiger partial charge in [0.2, 0.25) is 10.0 Å². The quantitative estimate of drug-likeness (QED) is 0.583. The van der Waals surface area contributed by atoms with Crippen LogP contribution in [0.5, 0.6) is 0 Å². The van der Waals surface area contributed by atoms with Gasteiger partial charge in [-0.05, 0) is 54.0 Å². The Bertz CT molecular complexity index is 732. The molecule has 3 rings (SSSR count). The van der Waals surface area contributed by atoms with Gasteiger partial charge >= 0.3 is 0 Å². The van der Waals surface area contributed by atoms with E-state index in [2.05, 4.69) is 31.1 Å². The van der Waals surface area contributed by atoms with Gasteiger partial charge in [0, 0.05) is 23.7 Å². The predicted octanol–water partition coefficient (Wildman–Crippen LogP) is 5.56. The van der Waals surface area contributed by atoms with Gasteiger partial charge in [-0.25, -0.2) is 13.1 Å². The van der Waals surface area contributed by atoms with Gasteiger partial charge in [-0.15, -0.1) is 0 Å². The number of benzene rings is 1. The molecule has 2 aliphatic rings. The summed E-state index contributed by atoms with van der Waals surface area (Å²) < 4.78 is 27.3. The molecule has 28 heavy (non-hydrogen) atoms. The predicted molar refractivity (Wildman–Crippen MR) is 121 cm³/mol. The molecule has 0 amide bonds. The maximum Gasteiger partial charge on any atom is 0.240 e. The Morgan fingerprint density at radius 3 is 2.29 bits per heavy atom. The van der Waals surface area contributed by atoms with E-state index in [1.807, 2.05) is 33.8 Å². The molecule has 1 heterocycles. The van der Waals surface area contributed by atoms with Gasteiger partial charge in [0.15, 0.2) is 6.10 Å². The molecule has 8 heteroatoms. The molecule has 1 atom stereocenters. The second-order valence-electron chi connectivity index (χ2n) is 6.20. The minimum Gasteiger partial charge on any atom is -0.386 e. The fourth-order valence-corrected chi connectivity index (χ4v) is 4.35. The molecule has 1 aromatic rings. The molecule has 0 bridgehead atoms. The molecular formula is C20H34BrN3O3S. The van der Waals surface area contributed by atoms with E-state index in [-0.39, 0.29) is 11.0 Å². The Morgan fingerprint density at radius 2 is 1.75 bits per heavy atom. The van der Waals surface area contributed by atoms with Crippen LogP contribution in [0, 0.1) is 0 Å². The van der Waals surface area contributed by atoms with Crippen LogP contribution in [0.25, 0.3) is 0 Å². The van der Waals surface area contributed by atoms with Crippen molar-refractivity contribution in [2.45, 2.75) is 83.3 Å². The number of hydrogen-bond acceptors (Lipinski definition) is 5. The average molecular weight is 476 g/mol. The second-order valence-corrected chi connectivity index (χ2v) is 9.00. The van der Waals surface area contributed by atoms with Gasteiger partial charge in [0.1, 0.15) is 4.62 Å². The van der Waals surface area contributed by atoms with Crippen molar-refractivity contribution in [3.05, 3.63) is 23.8 Å². The lowest BCUT2D eigenvalue weighted by molar-refractivity contribution is 0.0860. The van der Waals surface area contributed by atoms with Crippen LogP contribution in [0.15, 0.2) is 28.3 Å². The lowest BCUT2D eigenvalue weighted by Gasteiger charge is -2.26. The molecule has 1 aliphatic heterocycles. The number of oxime groups is 1. The minimum atomic E-state index is -3.50. The van der Waals surface area contributed by atoms with E-state index in [9.17, 15) is 8.42 Å². The zero-order chi connectivity index (χ0) is 21.2. The van der Waals surface area contributed by atoms with Gasteiger partial charge in [-0.3, -0.25) is 0 Å². The van der Waals surface area contributed by atoms with E-state index in [0.29, 0.717) is 12.5 Å². The summed E-state index contributed by atoms with van der Waals surface area (Å²) >= 11 is 3.34. The number of nitrogens with one attached hydrogen (secondary N) is 2. The summed E-state index contributed by atoms with van der Waals surface area (Å²) in [5, 5.41) is 7.51. The summed E-state index contributed by atoms with van der Waals surface area (Å²) in [5.74, 6) is 0. The van der Waals surface area contributed by atoms with Crippen LogP contribution < -0.4 is 10.0 Å². The summed E-state index contributed by atoms with van der Waals surface area (Å²) in [6, 6.07) is 5.58. The average Bonchev–Trinajstić information content (AvgIpc) is 3.18. The molecule has 0 radical (unpaired) electrons. The molecule has 0 spiro atoms. The second kappa shape index (κ2) is 12.4. The largest absolute Gasteiger partial charge is 0.386 e. The maximum absolute atomic E-state index is 12.1. The van der Waals surface area contributed by atoms with E-state index in [1.165, 1.54) is 26.3 Å². The fraction of sp³-hybridized carbons (Fsp3) is 0.650. The Balaban J connectivity index is 0.000000921. The van der Waals surface area contributed by atoms with Crippen molar-refractivity contribution in [1.29, 1.82) is 0 Å². The number of rotatable bonds is 5. The first-order valence-electron chi connectivity index (χ1n) is 10.2. The Labute approximate surface area is 178 Å². The standard InChI is InChI=1S/C16H22BrN3O3S.2C2H6/c1-18-24(21,22)12-7-8-14(19-11-5-3-2-4-6-11)13(9-12)15-10-16(17)20-23-15;2*1-2/h7-9,11,15,18-19H,2-6,10H2,1H3;2*1-2H3. The highest BCUT2D eigenvalue weighted by Gasteiger charge is 2.27. The highest BCUT2D eigenvalue weighted by molar-refractivity contribution is 9.18. The van der Waals surface area contributed by atoms with Crippen molar-refractivity contribution in [2.24, 2.45) is 5.16 Å². The van der Waals surface area contributed by atoms with E-state index in [4.69, 9.17) is 4.84 Å². The summed E-state index contributed by atoms with van der Waals surface area (Å²) in [4.78, 5) is 5.71. The van der Waals surface area contributed by atoms with Crippen molar-refractivity contribution in [3.8, 4) is 0 Å². The third kappa shape index (κ3) is 6.74. The highest BCUT2D eigenvalue weighted by atomic mass is 79.9. The van der Waals surface area contributed by atoms with Crippen LogP contribution >= 0.6 is 15.9 Å². The van der Waals surface area contributed by atoms with E-state index in [0.717, 1.165) is 28.7 Å². The highest BCUT2D eigenvalue weighted by Crippen LogP contribution is 2.36. The van der Waals surface area contributed by atoms with E-state index < -0.39 is 10.0 Å². The summed E-state index contributed by atoms with van der Waals surface area (Å²) in [6.45, 7) is 8.00. The van der Waals surface area contributed by atoms with Crippen LogP contribution in [0.3, 0.4) is 0 Å². The Morgan fingerprint density at radius 1 is 1.11 bits per heavy atom. The van der Waals surface area contributed by atoms with Crippen LogP contribution in [-0.2, 0) is 14.9 Å². The van der Waals surface area contributed by atoms with Crippen molar-refractivity contribution in [1.82, 2.24) is 4.72 Å². The monoisotopic (exact) mass is 475 g/mol. The summed E-state index contributed by atoms with van der Waals surface area (Å²) in [7, 11) is -2.08. The third-order valence-corrected chi connectivity index (χ3v) is 6.43. The molecule has 1 unspecified atom stereocenters. The molecule has 1 aromatic carbocycles. The molecule has 0 saturated heterocycles. The summed E-state index contributed by atoms with van der Waals surface area (Å²) in [6.07, 6.45) is 6.35. The molecule has 2 N–H and O–H groups in total. The maximum atomic E-state index is 12.1. The molecule has 0 aromatic heterocycles. The van der Waals surface area contributed by atoms with Crippen molar-refractivity contribution in [2.75, 3.05) is 12.4 Å². The first kappa shape index (κ1) is 24.9. The van der Waals surface area contributed by atoms with Crippen molar-refractivity contribution >= 4 is 36.3 Å². The molecule has 1 saturated carbocycles. The van der Waals surface area contributed by atoms with Crippen LogP contribution in [0.4, 0.5) is 5.69 Å². The lowest BCUT2D eigenvalue weighted by atomic mass is 9.94. The first-order valence-corrected chi connectivity index (χ1v) is 12.5. The van der Waals surface area contributed by atoms with Crippen LogP contribution in [-0.4, -0.2) is 26.1 Å². The molecule has 1 fully saturated rings. The number of halogens is 1. The van der Waals surface area contributed by atoms with Crippen LogP contribution in [0.2, 0.25) is 0 Å². The zero-order valence-corrected chi connectivity index (χ0v) is 20.0. The van der Waals surface area contributed by atoms with Crippen molar-refractivity contribution in [3.63, 3.8) is 0 Å². The summed E-state index contributed by atoms with van der Waals surface area (Å²) in [5.41, 5.74) is 1.76. The van der Waals surface area contributed by atoms with E-state index in [1.54, 1.807) is 12.1 Å². The minimum absolute atomic E-state index is 0.237. The zero-order valence-electron chi connectivity index (χ0n) is 17.6. The Kier molecular flexibility index (Phi) is 11.1. The Hall–Kier alpha value is -1.12. The molecule has 160 valence electrons. The van der Waals surface area contributed by atoms with Crippen molar-refractivity contribution < 1.29 is 13.3 Å². The molecule has 1 aliphatic carbocycles. The molecular weight excluding hydrogens is 442 g/mol. The third-order valence-electron chi connectivity index (χ3n) is 4.55. The van der Waals surface area contributed by atoms with E-state index >= 15 is 0 Å². The SMILES string of the molecule is CC.CC.CNS(=O)(=O)c1ccc(NC2CCCCC2)c(C2CC(Br)=NO2)c1. The smallest absolute Gasteiger partial charge is 0.240 e. The normalized spacial score (nSPS) is 19.4. The van der Waals surface area contributed by atoms with Gasteiger partial charge in [0.25, 0.3) is 0 Å². The van der Waals surface area contributed by atoms with Gasteiger partial charge in [-0.1, -0.05) is 52.1 Å². The van der Waals surface area contributed by atoms with Gasteiger partial charge in [0.05, 0.1) is 4.90 Å². The first-order chi connectivity index (χ1) is 13.5.